The Morgan fingerprint density at radius 1 is 1.24 bits per heavy atom. The molecule has 21 heavy (non-hydrogen) atoms. The Balaban J connectivity index is 2.23. The molecule has 6 nitrogen and oxygen atoms in total. The number of carbonyl (C=O) groups is 1. The van der Waals surface area contributed by atoms with Gasteiger partial charge in [0.05, 0.1) is 16.6 Å². The minimum atomic E-state index is -3.81. The van der Waals surface area contributed by atoms with E-state index in [-0.39, 0.29) is 22.6 Å². The summed E-state index contributed by atoms with van der Waals surface area (Å²) in [4.78, 5) is 10.9. The normalized spacial score (nSPS) is 23.0. The summed E-state index contributed by atoms with van der Waals surface area (Å²) in [6.45, 7) is 0. The minimum Gasteiger partial charge on any atom is -0.478 e. The van der Waals surface area contributed by atoms with Gasteiger partial charge in [-0.15, -0.1) is 0 Å². The Bertz CT molecular complexity index is 638. The molecule has 0 amide bonds. The van der Waals surface area contributed by atoms with Gasteiger partial charge in [-0.05, 0) is 59.8 Å². The zero-order chi connectivity index (χ0) is 15.6. The number of aliphatic hydroxyl groups excluding tert-OH is 1. The molecule has 0 bridgehead atoms. The largest absolute Gasteiger partial charge is 0.478 e. The van der Waals surface area contributed by atoms with Crippen molar-refractivity contribution in [1.82, 2.24) is 4.72 Å². The number of hydrogen-bond donors (Lipinski definition) is 3. The average molecular weight is 378 g/mol. The first-order chi connectivity index (χ1) is 9.79. The standard InChI is InChI=1S/C13H16BrNO5S/c14-11-6-1-8(13(17)18)7-12(11)21(19,20)15-9-2-4-10(16)5-3-9/h1,6-7,9-10,15-16H,2-5H2,(H,17,18). The van der Waals surface area contributed by atoms with Crippen LogP contribution in [-0.4, -0.2) is 36.7 Å². The van der Waals surface area contributed by atoms with Crippen molar-refractivity contribution in [2.75, 3.05) is 0 Å². The fourth-order valence-electron chi connectivity index (χ4n) is 2.32. The molecule has 1 saturated carbocycles. The van der Waals surface area contributed by atoms with Crippen molar-refractivity contribution < 1.29 is 23.4 Å². The molecule has 0 radical (unpaired) electrons. The van der Waals surface area contributed by atoms with Crippen molar-refractivity contribution in [2.45, 2.75) is 42.7 Å². The lowest BCUT2D eigenvalue weighted by molar-refractivity contribution is 0.0696. The summed E-state index contributed by atoms with van der Waals surface area (Å²) in [6, 6.07) is 3.64. The van der Waals surface area contributed by atoms with Gasteiger partial charge in [0.25, 0.3) is 0 Å². The van der Waals surface area contributed by atoms with Gasteiger partial charge in [-0.3, -0.25) is 0 Å². The van der Waals surface area contributed by atoms with E-state index >= 15 is 0 Å². The van der Waals surface area contributed by atoms with Gasteiger partial charge in [0.2, 0.25) is 10.0 Å². The van der Waals surface area contributed by atoms with Crippen LogP contribution >= 0.6 is 15.9 Å². The van der Waals surface area contributed by atoms with Crippen molar-refractivity contribution in [3.8, 4) is 0 Å². The van der Waals surface area contributed by atoms with Gasteiger partial charge in [-0.25, -0.2) is 17.9 Å². The predicted molar refractivity (Wildman–Crippen MR) is 79.7 cm³/mol. The van der Waals surface area contributed by atoms with E-state index in [0.29, 0.717) is 30.2 Å². The number of aromatic carboxylic acids is 1. The highest BCUT2D eigenvalue weighted by molar-refractivity contribution is 9.10. The number of aliphatic hydroxyl groups is 1. The molecule has 1 aromatic rings. The molecular formula is C13H16BrNO5S. The molecule has 0 heterocycles. The van der Waals surface area contributed by atoms with E-state index in [0.717, 1.165) is 6.07 Å². The van der Waals surface area contributed by atoms with Gasteiger partial charge in [0, 0.05) is 10.5 Å². The summed E-state index contributed by atoms with van der Waals surface area (Å²) in [5, 5.41) is 18.4. The smallest absolute Gasteiger partial charge is 0.335 e. The third-order valence-electron chi connectivity index (χ3n) is 3.49. The molecule has 0 spiro atoms. The second-order valence-electron chi connectivity index (χ2n) is 5.08. The number of halogens is 1. The predicted octanol–water partition coefficient (Wildman–Crippen LogP) is 1.73. The molecule has 0 saturated heterocycles. The topological polar surface area (TPSA) is 104 Å². The van der Waals surface area contributed by atoms with Crippen LogP contribution in [0.3, 0.4) is 0 Å². The van der Waals surface area contributed by atoms with Gasteiger partial charge in [0.1, 0.15) is 0 Å². The summed E-state index contributed by atoms with van der Waals surface area (Å²) >= 11 is 3.14. The van der Waals surface area contributed by atoms with Crippen LogP contribution < -0.4 is 4.72 Å². The van der Waals surface area contributed by atoms with Crippen LogP contribution in [0, 0.1) is 0 Å². The lowest BCUT2D eigenvalue weighted by Crippen LogP contribution is -2.38. The van der Waals surface area contributed by atoms with Crippen LogP contribution in [0.1, 0.15) is 36.0 Å². The highest BCUT2D eigenvalue weighted by Crippen LogP contribution is 2.25. The van der Waals surface area contributed by atoms with E-state index in [9.17, 15) is 18.3 Å². The molecule has 1 aliphatic rings. The summed E-state index contributed by atoms with van der Waals surface area (Å²) < 4.78 is 27.7. The molecule has 1 fully saturated rings. The first-order valence-electron chi connectivity index (χ1n) is 6.53. The number of sulfonamides is 1. The van der Waals surface area contributed by atoms with E-state index in [1.807, 2.05) is 0 Å². The van der Waals surface area contributed by atoms with E-state index in [4.69, 9.17) is 5.11 Å². The van der Waals surface area contributed by atoms with Gasteiger partial charge in [0.15, 0.2) is 0 Å². The first-order valence-corrected chi connectivity index (χ1v) is 8.80. The maximum Gasteiger partial charge on any atom is 0.335 e. The molecule has 3 N–H and O–H groups in total. The number of rotatable bonds is 4. The lowest BCUT2D eigenvalue weighted by Gasteiger charge is -2.26. The van der Waals surface area contributed by atoms with Crippen molar-refractivity contribution in [3.05, 3.63) is 28.2 Å². The Morgan fingerprint density at radius 3 is 2.43 bits per heavy atom. The quantitative estimate of drug-likeness (QED) is 0.740. The Hall–Kier alpha value is -0.960. The average Bonchev–Trinajstić information content (AvgIpc) is 2.41. The monoisotopic (exact) mass is 377 g/mol. The first kappa shape index (κ1) is 16.4. The molecule has 1 aromatic carbocycles. The van der Waals surface area contributed by atoms with Gasteiger partial charge in [-0.2, -0.15) is 0 Å². The van der Waals surface area contributed by atoms with Crippen LogP contribution in [0.2, 0.25) is 0 Å². The summed E-state index contributed by atoms with van der Waals surface area (Å²) in [6.07, 6.45) is 1.88. The van der Waals surface area contributed by atoms with Crippen molar-refractivity contribution in [3.63, 3.8) is 0 Å². The van der Waals surface area contributed by atoms with Crippen LogP contribution in [0.5, 0.6) is 0 Å². The molecule has 2 rings (SSSR count). The Morgan fingerprint density at radius 2 is 1.86 bits per heavy atom. The molecule has 116 valence electrons. The van der Waals surface area contributed by atoms with Gasteiger partial charge in [-0.1, -0.05) is 0 Å². The summed E-state index contributed by atoms with van der Waals surface area (Å²) in [7, 11) is -3.81. The van der Waals surface area contributed by atoms with E-state index in [1.165, 1.54) is 12.1 Å². The third-order valence-corrected chi connectivity index (χ3v) is 6.00. The highest BCUT2D eigenvalue weighted by atomic mass is 79.9. The molecule has 0 unspecified atom stereocenters. The zero-order valence-corrected chi connectivity index (χ0v) is 13.5. The SMILES string of the molecule is O=C(O)c1ccc(Br)c(S(=O)(=O)NC2CCC(O)CC2)c1. The molecule has 0 aromatic heterocycles. The molecule has 0 atom stereocenters. The van der Waals surface area contributed by atoms with Crippen molar-refractivity contribution in [2.24, 2.45) is 0 Å². The maximum absolute atomic E-state index is 12.4. The molecular weight excluding hydrogens is 362 g/mol. The second-order valence-corrected chi connectivity index (χ2v) is 7.61. The van der Waals surface area contributed by atoms with E-state index in [2.05, 4.69) is 20.7 Å². The van der Waals surface area contributed by atoms with E-state index in [1.54, 1.807) is 0 Å². The Kier molecular flexibility index (Phi) is 5.03. The highest BCUT2D eigenvalue weighted by Gasteiger charge is 2.26. The number of carboxylic acid groups (broad SMARTS) is 1. The van der Waals surface area contributed by atoms with Crippen LogP contribution in [-0.2, 0) is 10.0 Å². The maximum atomic E-state index is 12.4. The zero-order valence-electron chi connectivity index (χ0n) is 11.1. The van der Waals surface area contributed by atoms with Crippen LogP contribution in [0.4, 0.5) is 0 Å². The molecule has 0 aliphatic heterocycles. The van der Waals surface area contributed by atoms with Gasteiger partial charge >= 0.3 is 5.97 Å². The summed E-state index contributed by atoms with van der Waals surface area (Å²) in [5.74, 6) is -1.18. The number of hydrogen-bond acceptors (Lipinski definition) is 4. The number of nitrogens with one attached hydrogen (secondary N) is 1. The number of carboxylic acids is 1. The lowest BCUT2D eigenvalue weighted by atomic mass is 9.94. The van der Waals surface area contributed by atoms with Crippen molar-refractivity contribution in [1.29, 1.82) is 0 Å². The van der Waals surface area contributed by atoms with Crippen molar-refractivity contribution >= 4 is 31.9 Å². The third kappa shape index (κ3) is 4.03. The second kappa shape index (κ2) is 6.43. The number of benzene rings is 1. The molecule has 8 heteroatoms. The Labute approximate surface area is 131 Å². The van der Waals surface area contributed by atoms with Crippen LogP contribution in [0.25, 0.3) is 0 Å². The van der Waals surface area contributed by atoms with Crippen LogP contribution in [0.15, 0.2) is 27.6 Å². The molecule has 1 aliphatic carbocycles. The van der Waals surface area contributed by atoms with E-state index < -0.39 is 16.0 Å². The summed E-state index contributed by atoms with van der Waals surface area (Å²) in [5.41, 5.74) is -0.0855. The fraction of sp³-hybridized carbons (Fsp3) is 0.462. The minimum absolute atomic E-state index is 0.0855. The fourth-order valence-corrected chi connectivity index (χ4v) is 4.61. The van der Waals surface area contributed by atoms with Gasteiger partial charge < -0.3 is 10.2 Å².